The zero-order valence-electron chi connectivity index (χ0n) is 15.5. The lowest BCUT2D eigenvalue weighted by molar-refractivity contribution is -0.115. The van der Waals surface area contributed by atoms with Gasteiger partial charge in [0.05, 0.1) is 5.25 Å². The van der Waals surface area contributed by atoms with E-state index in [0.717, 1.165) is 9.90 Å². The fraction of sp³-hybridized carbons (Fsp3) is 0.200. The number of ketones is 1. The Labute approximate surface area is 171 Å². The van der Waals surface area contributed by atoms with Crippen LogP contribution in [0, 0.1) is 0 Å². The Morgan fingerprint density at radius 2 is 1.89 bits per heavy atom. The second kappa shape index (κ2) is 9.48. The largest absolute Gasteiger partial charge is 0.356 e. The van der Waals surface area contributed by atoms with Crippen LogP contribution < -0.4 is 10.6 Å². The lowest BCUT2D eigenvalue weighted by Gasteiger charge is -2.10. The molecule has 1 amide bonds. The molecule has 1 aromatic heterocycles. The minimum atomic E-state index is -0.351. The molecular weight excluding hydrogens is 392 g/mol. The summed E-state index contributed by atoms with van der Waals surface area (Å²) in [5, 5.41) is 14.7. The third-order valence-electron chi connectivity index (χ3n) is 3.88. The minimum absolute atomic E-state index is 0.0390. The summed E-state index contributed by atoms with van der Waals surface area (Å²) in [5.41, 5.74) is 2.33. The summed E-state index contributed by atoms with van der Waals surface area (Å²) in [4.78, 5) is 23.9. The standard InChI is InChI=1S/C20H20N4O2S2/c1-13(25)16-9-6-10-17(11-16)22-18(26)14(2)27-20-24-23-19(28-20)21-12-15-7-4-3-5-8-15/h3-11,14H,12H2,1-2H3,(H,21,23)(H,22,26)/t14-/m1/s1. The molecule has 3 rings (SSSR count). The molecule has 0 radical (unpaired) electrons. The van der Waals surface area contributed by atoms with Gasteiger partial charge in [0.15, 0.2) is 10.1 Å². The predicted octanol–water partition coefficient (Wildman–Crippen LogP) is 4.47. The second-order valence-corrected chi connectivity index (χ2v) is 8.66. The number of Topliss-reactive ketones (excluding diaryl/α,β-unsaturated/α-hetero) is 1. The summed E-state index contributed by atoms with van der Waals surface area (Å²) in [6, 6.07) is 16.9. The fourth-order valence-electron chi connectivity index (χ4n) is 2.37. The van der Waals surface area contributed by atoms with E-state index in [1.54, 1.807) is 24.3 Å². The van der Waals surface area contributed by atoms with E-state index >= 15 is 0 Å². The van der Waals surface area contributed by atoms with Crippen molar-refractivity contribution in [2.45, 2.75) is 30.0 Å². The third-order valence-corrected chi connectivity index (χ3v) is 5.94. The van der Waals surface area contributed by atoms with E-state index in [0.29, 0.717) is 22.9 Å². The van der Waals surface area contributed by atoms with Crippen LogP contribution in [-0.2, 0) is 11.3 Å². The van der Waals surface area contributed by atoms with Crippen LogP contribution >= 0.6 is 23.1 Å². The number of amides is 1. The Bertz CT molecular complexity index is 960. The van der Waals surface area contributed by atoms with Gasteiger partial charge in [-0.2, -0.15) is 0 Å². The third kappa shape index (κ3) is 5.64. The van der Waals surface area contributed by atoms with Crippen LogP contribution in [-0.4, -0.2) is 27.1 Å². The number of thioether (sulfide) groups is 1. The zero-order chi connectivity index (χ0) is 19.9. The number of nitrogens with zero attached hydrogens (tertiary/aromatic N) is 2. The van der Waals surface area contributed by atoms with Gasteiger partial charge in [-0.25, -0.2) is 0 Å². The van der Waals surface area contributed by atoms with Gasteiger partial charge in [-0.1, -0.05) is 65.6 Å². The van der Waals surface area contributed by atoms with Crippen LogP contribution in [0.2, 0.25) is 0 Å². The quantitative estimate of drug-likeness (QED) is 0.419. The maximum absolute atomic E-state index is 12.4. The molecular formula is C20H20N4O2S2. The molecule has 6 nitrogen and oxygen atoms in total. The van der Waals surface area contributed by atoms with Gasteiger partial charge in [0.1, 0.15) is 0 Å². The van der Waals surface area contributed by atoms with Crippen molar-refractivity contribution in [2.75, 3.05) is 10.6 Å². The Kier molecular flexibility index (Phi) is 6.78. The maximum Gasteiger partial charge on any atom is 0.237 e. The molecule has 3 aromatic rings. The molecule has 1 heterocycles. The average Bonchev–Trinajstić information content (AvgIpc) is 3.14. The molecule has 0 saturated carbocycles. The minimum Gasteiger partial charge on any atom is -0.356 e. The molecule has 0 unspecified atom stereocenters. The number of benzene rings is 2. The van der Waals surface area contributed by atoms with E-state index in [1.807, 2.05) is 37.3 Å². The normalized spacial score (nSPS) is 11.6. The molecule has 0 aliphatic rings. The summed E-state index contributed by atoms with van der Waals surface area (Å²) >= 11 is 2.77. The number of carbonyl (C=O) groups is 2. The van der Waals surface area contributed by atoms with Crippen LogP contribution in [0.1, 0.15) is 29.8 Å². The van der Waals surface area contributed by atoms with Gasteiger partial charge in [0.2, 0.25) is 11.0 Å². The van der Waals surface area contributed by atoms with Crippen LogP contribution in [0.3, 0.4) is 0 Å². The van der Waals surface area contributed by atoms with Gasteiger partial charge < -0.3 is 10.6 Å². The zero-order valence-corrected chi connectivity index (χ0v) is 17.1. The highest BCUT2D eigenvalue weighted by Crippen LogP contribution is 2.29. The average molecular weight is 413 g/mol. The summed E-state index contributed by atoms with van der Waals surface area (Å²) < 4.78 is 0.718. The summed E-state index contributed by atoms with van der Waals surface area (Å²) in [6.07, 6.45) is 0. The van der Waals surface area contributed by atoms with Crippen LogP contribution in [0.25, 0.3) is 0 Å². The number of nitrogens with one attached hydrogen (secondary N) is 2. The summed E-state index contributed by atoms with van der Waals surface area (Å²) in [7, 11) is 0. The monoisotopic (exact) mass is 412 g/mol. The van der Waals surface area contributed by atoms with Gasteiger partial charge in [-0.15, -0.1) is 10.2 Å². The smallest absolute Gasteiger partial charge is 0.237 e. The SMILES string of the molecule is CC(=O)c1cccc(NC(=O)[C@@H](C)Sc2nnc(NCc3ccccc3)s2)c1. The Balaban J connectivity index is 1.53. The second-order valence-electron chi connectivity index (χ2n) is 6.10. The predicted molar refractivity (Wildman–Crippen MR) is 114 cm³/mol. The van der Waals surface area contributed by atoms with E-state index in [1.165, 1.54) is 30.0 Å². The van der Waals surface area contributed by atoms with E-state index in [-0.39, 0.29) is 16.9 Å². The van der Waals surface area contributed by atoms with Crippen molar-refractivity contribution >= 4 is 45.6 Å². The highest BCUT2D eigenvalue weighted by molar-refractivity contribution is 8.02. The highest BCUT2D eigenvalue weighted by atomic mass is 32.2. The first-order chi connectivity index (χ1) is 13.5. The van der Waals surface area contributed by atoms with Gasteiger partial charge in [0, 0.05) is 17.8 Å². The number of hydrogen-bond donors (Lipinski definition) is 2. The molecule has 0 spiro atoms. The number of aromatic nitrogens is 2. The van der Waals surface area contributed by atoms with Gasteiger partial charge in [-0.05, 0) is 31.5 Å². The van der Waals surface area contributed by atoms with Crippen LogP contribution in [0.15, 0.2) is 58.9 Å². The molecule has 8 heteroatoms. The van der Waals surface area contributed by atoms with Crippen molar-refractivity contribution in [2.24, 2.45) is 0 Å². The van der Waals surface area contributed by atoms with Gasteiger partial charge in [-0.3, -0.25) is 9.59 Å². The van der Waals surface area contributed by atoms with Crippen molar-refractivity contribution in [3.63, 3.8) is 0 Å². The van der Waals surface area contributed by atoms with Crippen molar-refractivity contribution in [3.8, 4) is 0 Å². The van der Waals surface area contributed by atoms with Crippen molar-refractivity contribution in [3.05, 3.63) is 65.7 Å². The molecule has 2 N–H and O–H groups in total. The molecule has 0 aliphatic carbocycles. The number of carbonyl (C=O) groups excluding carboxylic acids is 2. The summed E-state index contributed by atoms with van der Waals surface area (Å²) in [6.45, 7) is 3.98. The number of anilines is 2. The molecule has 28 heavy (non-hydrogen) atoms. The maximum atomic E-state index is 12.4. The molecule has 1 atom stereocenters. The fourth-order valence-corrected chi connectivity index (χ4v) is 4.26. The Hall–Kier alpha value is -2.71. The molecule has 2 aromatic carbocycles. The van der Waals surface area contributed by atoms with Crippen molar-refractivity contribution < 1.29 is 9.59 Å². The molecule has 144 valence electrons. The first-order valence-corrected chi connectivity index (χ1v) is 10.4. The van der Waals surface area contributed by atoms with Gasteiger partial charge >= 0.3 is 0 Å². The van der Waals surface area contributed by atoms with Gasteiger partial charge in [0.25, 0.3) is 0 Å². The Morgan fingerprint density at radius 3 is 2.64 bits per heavy atom. The lowest BCUT2D eigenvalue weighted by atomic mass is 10.1. The highest BCUT2D eigenvalue weighted by Gasteiger charge is 2.17. The van der Waals surface area contributed by atoms with Crippen LogP contribution in [0.4, 0.5) is 10.8 Å². The molecule has 0 saturated heterocycles. The number of hydrogen-bond acceptors (Lipinski definition) is 7. The first kappa shape index (κ1) is 20.0. The van der Waals surface area contributed by atoms with Crippen LogP contribution in [0.5, 0.6) is 0 Å². The van der Waals surface area contributed by atoms with E-state index < -0.39 is 0 Å². The van der Waals surface area contributed by atoms with Crippen molar-refractivity contribution in [1.29, 1.82) is 0 Å². The molecule has 0 aliphatic heterocycles. The summed E-state index contributed by atoms with van der Waals surface area (Å²) in [5.74, 6) is -0.192. The topological polar surface area (TPSA) is 84.0 Å². The van der Waals surface area contributed by atoms with E-state index in [9.17, 15) is 9.59 Å². The Morgan fingerprint density at radius 1 is 1.11 bits per heavy atom. The molecule has 0 fully saturated rings. The van der Waals surface area contributed by atoms with E-state index in [2.05, 4.69) is 20.8 Å². The van der Waals surface area contributed by atoms with E-state index in [4.69, 9.17) is 0 Å². The first-order valence-electron chi connectivity index (χ1n) is 8.71. The lowest BCUT2D eigenvalue weighted by Crippen LogP contribution is -2.22. The van der Waals surface area contributed by atoms with Crippen molar-refractivity contribution in [1.82, 2.24) is 10.2 Å². The number of rotatable bonds is 8. The molecule has 0 bridgehead atoms.